The standard InChI is InChI=1S/C6H7ClN4O/c7-5-8-4-11(9-5)6(12)10-2-1-3-10/h4H,1-3H2. The summed E-state index contributed by atoms with van der Waals surface area (Å²) >= 11 is 5.46. The summed E-state index contributed by atoms with van der Waals surface area (Å²) in [5.41, 5.74) is 0. The Morgan fingerprint density at radius 2 is 2.33 bits per heavy atom. The highest BCUT2D eigenvalue weighted by atomic mass is 35.5. The minimum Gasteiger partial charge on any atom is -0.323 e. The van der Waals surface area contributed by atoms with Gasteiger partial charge in [0.15, 0.2) is 0 Å². The highest BCUT2D eigenvalue weighted by Gasteiger charge is 2.22. The molecule has 5 nitrogen and oxygen atoms in total. The van der Waals surface area contributed by atoms with Crippen molar-refractivity contribution in [2.45, 2.75) is 6.42 Å². The van der Waals surface area contributed by atoms with Gasteiger partial charge >= 0.3 is 6.03 Å². The zero-order chi connectivity index (χ0) is 8.55. The van der Waals surface area contributed by atoms with Gasteiger partial charge in [-0.15, -0.1) is 5.10 Å². The number of rotatable bonds is 0. The molecule has 0 atom stereocenters. The maximum Gasteiger partial charge on any atom is 0.346 e. The van der Waals surface area contributed by atoms with Crippen LogP contribution in [-0.2, 0) is 0 Å². The van der Waals surface area contributed by atoms with Crippen molar-refractivity contribution >= 4 is 17.6 Å². The number of carbonyl (C=O) groups excluding carboxylic acids is 1. The van der Waals surface area contributed by atoms with Crippen LogP contribution in [0, 0.1) is 0 Å². The highest BCUT2D eigenvalue weighted by molar-refractivity contribution is 6.28. The number of hydrogen-bond donors (Lipinski definition) is 0. The summed E-state index contributed by atoms with van der Waals surface area (Å²) in [6.45, 7) is 1.60. The van der Waals surface area contributed by atoms with E-state index in [0.717, 1.165) is 24.2 Å². The third kappa shape index (κ3) is 1.16. The van der Waals surface area contributed by atoms with Crippen molar-refractivity contribution in [3.63, 3.8) is 0 Å². The topological polar surface area (TPSA) is 51.0 Å². The molecule has 1 saturated heterocycles. The molecule has 2 rings (SSSR count). The molecule has 1 aromatic heterocycles. The van der Waals surface area contributed by atoms with E-state index in [0.29, 0.717) is 0 Å². The van der Waals surface area contributed by atoms with Crippen molar-refractivity contribution in [3.05, 3.63) is 11.6 Å². The van der Waals surface area contributed by atoms with Crippen LogP contribution in [-0.4, -0.2) is 38.8 Å². The zero-order valence-electron chi connectivity index (χ0n) is 6.27. The first-order valence-electron chi connectivity index (χ1n) is 3.64. The molecule has 0 saturated carbocycles. The molecule has 1 amide bonds. The van der Waals surface area contributed by atoms with E-state index in [2.05, 4.69) is 10.1 Å². The summed E-state index contributed by atoms with van der Waals surface area (Å²) in [4.78, 5) is 16.7. The fourth-order valence-electron chi connectivity index (χ4n) is 0.987. The maximum absolute atomic E-state index is 11.4. The molecule has 0 aromatic carbocycles. The Morgan fingerprint density at radius 1 is 1.58 bits per heavy atom. The number of hydrogen-bond acceptors (Lipinski definition) is 3. The minimum atomic E-state index is -0.152. The Bertz CT molecular complexity index is 306. The summed E-state index contributed by atoms with van der Waals surface area (Å²) in [7, 11) is 0. The maximum atomic E-state index is 11.4. The van der Waals surface area contributed by atoms with Crippen LogP contribution in [0.15, 0.2) is 6.33 Å². The molecule has 0 N–H and O–H groups in total. The molecule has 0 spiro atoms. The summed E-state index contributed by atoms with van der Waals surface area (Å²) in [5, 5.41) is 3.79. The van der Waals surface area contributed by atoms with Crippen molar-refractivity contribution in [1.29, 1.82) is 0 Å². The van der Waals surface area contributed by atoms with Crippen LogP contribution in [0.25, 0.3) is 0 Å². The average Bonchev–Trinajstić information content (AvgIpc) is 2.31. The molecular weight excluding hydrogens is 180 g/mol. The predicted octanol–water partition coefficient (Wildman–Crippen LogP) is 0.605. The monoisotopic (exact) mass is 186 g/mol. The van der Waals surface area contributed by atoms with Crippen LogP contribution in [0.2, 0.25) is 5.28 Å². The third-order valence-corrected chi connectivity index (χ3v) is 1.96. The fraction of sp³-hybridized carbons (Fsp3) is 0.500. The van der Waals surface area contributed by atoms with E-state index in [9.17, 15) is 4.79 Å². The molecule has 2 heterocycles. The second-order valence-electron chi connectivity index (χ2n) is 2.58. The van der Waals surface area contributed by atoms with E-state index in [1.165, 1.54) is 6.33 Å². The van der Waals surface area contributed by atoms with Crippen LogP contribution in [0.4, 0.5) is 4.79 Å². The Labute approximate surface area is 73.9 Å². The molecule has 1 fully saturated rings. The van der Waals surface area contributed by atoms with Crippen LogP contribution < -0.4 is 0 Å². The summed E-state index contributed by atoms with van der Waals surface area (Å²) in [5.74, 6) is 0. The largest absolute Gasteiger partial charge is 0.346 e. The SMILES string of the molecule is O=C(N1CCC1)n1cnc(Cl)n1. The van der Waals surface area contributed by atoms with Crippen molar-refractivity contribution in [2.75, 3.05) is 13.1 Å². The molecule has 1 aliphatic heterocycles. The Morgan fingerprint density at radius 3 is 2.75 bits per heavy atom. The van der Waals surface area contributed by atoms with Crippen molar-refractivity contribution in [2.24, 2.45) is 0 Å². The van der Waals surface area contributed by atoms with E-state index in [4.69, 9.17) is 11.6 Å². The second-order valence-corrected chi connectivity index (χ2v) is 2.92. The molecule has 12 heavy (non-hydrogen) atoms. The van der Waals surface area contributed by atoms with Gasteiger partial charge < -0.3 is 4.90 Å². The average molecular weight is 187 g/mol. The summed E-state index contributed by atoms with van der Waals surface area (Å²) < 4.78 is 1.15. The quantitative estimate of drug-likeness (QED) is 0.597. The third-order valence-electron chi connectivity index (χ3n) is 1.79. The van der Waals surface area contributed by atoms with E-state index in [1.807, 2.05) is 0 Å². The van der Waals surface area contributed by atoms with Gasteiger partial charge in [-0.05, 0) is 18.0 Å². The van der Waals surface area contributed by atoms with Crippen molar-refractivity contribution in [3.8, 4) is 0 Å². The molecule has 6 heteroatoms. The number of nitrogens with zero attached hydrogens (tertiary/aromatic N) is 4. The summed E-state index contributed by atoms with van der Waals surface area (Å²) in [6, 6.07) is -0.152. The van der Waals surface area contributed by atoms with Gasteiger partial charge in [-0.25, -0.2) is 9.78 Å². The highest BCUT2D eigenvalue weighted by Crippen LogP contribution is 2.08. The van der Waals surface area contributed by atoms with Crippen molar-refractivity contribution in [1.82, 2.24) is 19.7 Å². The first kappa shape index (κ1) is 7.54. The van der Waals surface area contributed by atoms with Crippen LogP contribution in [0.5, 0.6) is 0 Å². The zero-order valence-corrected chi connectivity index (χ0v) is 7.03. The molecule has 0 unspecified atom stereocenters. The Kier molecular flexibility index (Phi) is 1.73. The molecule has 64 valence electrons. The summed E-state index contributed by atoms with van der Waals surface area (Å²) in [6.07, 6.45) is 2.39. The minimum absolute atomic E-state index is 0.101. The number of aromatic nitrogens is 3. The Balaban J connectivity index is 2.13. The van der Waals surface area contributed by atoms with Gasteiger partial charge in [0.05, 0.1) is 0 Å². The van der Waals surface area contributed by atoms with Gasteiger partial charge in [-0.3, -0.25) is 0 Å². The van der Waals surface area contributed by atoms with Gasteiger partial charge in [0.1, 0.15) is 6.33 Å². The number of likely N-dealkylation sites (tertiary alicyclic amines) is 1. The second kappa shape index (κ2) is 2.75. The molecule has 0 aliphatic carbocycles. The molecule has 0 bridgehead atoms. The van der Waals surface area contributed by atoms with Crippen LogP contribution >= 0.6 is 11.6 Å². The predicted molar refractivity (Wildman–Crippen MR) is 42.0 cm³/mol. The lowest BCUT2D eigenvalue weighted by molar-refractivity contribution is 0.166. The lowest BCUT2D eigenvalue weighted by atomic mass is 10.2. The molecule has 0 radical (unpaired) electrons. The normalized spacial score (nSPS) is 15.9. The number of amides is 1. The van der Waals surface area contributed by atoms with Gasteiger partial charge in [0.25, 0.3) is 0 Å². The van der Waals surface area contributed by atoms with E-state index in [1.54, 1.807) is 4.90 Å². The van der Waals surface area contributed by atoms with E-state index in [-0.39, 0.29) is 11.3 Å². The van der Waals surface area contributed by atoms with E-state index >= 15 is 0 Å². The van der Waals surface area contributed by atoms with E-state index < -0.39 is 0 Å². The Hall–Kier alpha value is -1.10. The van der Waals surface area contributed by atoms with Crippen LogP contribution in [0.3, 0.4) is 0 Å². The molecule has 1 aromatic rings. The lowest BCUT2D eigenvalue weighted by Crippen LogP contribution is -2.44. The smallest absolute Gasteiger partial charge is 0.323 e. The van der Waals surface area contributed by atoms with Gasteiger partial charge in [-0.1, -0.05) is 0 Å². The fourth-order valence-corrected chi connectivity index (χ4v) is 1.11. The number of carbonyl (C=O) groups is 1. The van der Waals surface area contributed by atoms with Gasteiger partial charge in [0.2, 0.25) is 5.28 Å². The first-order chi connectivity index (χ1) is 5.77. The number of halogens is 1. The van der Waals surface area contributed by atoms with Gasteiger partial charge in [0, 0.05) is 13.1 Å². The first-order valence-corrected chi connectivity index (χ1v) is 4.01. The molecule has 1 aliphatic rings. The van der Waals surface area contributed by atoms with Crippen molar-refractivity contribution < 1.29 is 4.79 Å². The lowest BCUT2D eigenvalue weighted by Gasteiger charge is -2.29. The van der Waals surface area contributed by atoms with Crippen LogP contribution in [0.1, 0.15) is 6.42 Å². The van der Waals surface area contributed by atoms with Gasteiger partial charge in [-0.2, -0.15) is 4.68 Å². The molecular formula is C6H7ClN4O.